The van der Waals surface area contributed by atoms with Crippen LogP contribution in [0.1, 0.15) is 0 Å². The minimum atomic E-state index is -3.02. The molecule has 22 heavy (non-hydrogen) atoms. The number of rotatable bonds is 5. The van der Waals surface area contributed by atoms with E-state index in [4.69, 9.17) is 46.4 Å². The van der Waals surface area contributed by atoms with Crippen molar-refractivity contribution < 1.29 is 8.78 Å². The van der Waals surface area contributed by atoms with Crippen molar-refractivity contribution in [1.82, 2.24) is 0 Å². The molecular weight excluding hydrogens is 412 g/mol. The number of hydrogen-bond donors (Lipinski definition) is 0. The molecular formula is C14H8Cl4F2S2. The van der Waals surface area contributed by atoms with E-state index in [0.29, 0.717) is 31.7 Å². The summed E-state index contributed by atoms with van der Waals surface area (Å²) in [6.45, 7) is 0. The van der Waals surface area contributed by atoms with E-state index in [1.807, 2.05) is 0 Å². The summed E-state index contributed by atoms with van der Waals surface area (Å²) < 4.78 is 28.2. The Balaban J connectivity index is 2.06. The Morgan fingerprint density at radius 3 is 2.14 bits per heavy atom. The van der Waals surface area contributed by atoms with Crippen LogP contribution < -0.4 is 0 Å². The molecule has 8 heteroatoms. The molecule has 0 aliphatic carbocycles. The summed E-state index contributed by atoms with van der Waals surface area (Å²) in [5.74, 6) is -0.462. The Morgan fingerprint density at radius 2 is 1.45 bits per heavy atom. The van der Waals surface area contributed by atoms with Crippen molar-refractivity contribution >= 4 is 69.9 Å². The fourth-order valence-electron chi connectivity index (χ4n) is 1.50. The standard InChI is InChI=1S/C14H8Cl4F2S2/c15-8-2-4-12(11(18)5-8)22-14(19,20)7-21-13-6-9(16)1-3-10(13)17/h1-6H,7H2. The second-order valence-electron chi connectivity index (χ2n) is 4.18. The summed E-state index contributed by atoms with van der Waals surface area (Å²) in [5.41, 5.74) is 0. The molecule has 0 saturated heterocycles. The summed E-state index contributed by atoms with van der Waals surface area (Å²) in [6.07, 6.45) is 0. The molecule has 2 aromatic rings. The van der Waals surface area contributed by atoms with E-state index in [9.17, 15) is 8.78 Å². The molecule has 0 spiro atoms. The van der Waals surface area contributed by atoms with Crippen molar-refractivity contribution in [1.29, 1.82) is 0 Å². The molecule has 118 valence electrons. The molecule has 2 rings (SSSR count). The molecule has 0 radical (unpaired) electrons. The van der Waals surface area contributed by atoms with Gasteiger partial charge in [-0.2, -0.15) is 8.78 Å². The minimum Gasteiger partial charge on any atom is -0.193 e. The minimum absolute atomic E-state index is 0.197. The van der Waals surface area contributed by atoms with Crippen LogP contribution in [-0.2, 0) is 0 Å². The lowest BCUT2D eigenvalue weighted by Gasteiger charge is -2.16. The van der Waals surface area contributed by atoms with Crippen LogP contribution in [0, 0.1) is 0 Å². The van der Waals surface area contributed by atoms with Crippen molar-refractivity contribution in [3.8, 4) is 0 Å². The van der Waals surface area contributed by atoms with Crippen LogP contribution >= 0.6 is 69.9 Å². The molecule has 2 aromatic carbocycles. The van der Waals surface area contributed by atoms with Crippen LogP contribution in [0.2, 0.25) is 20.1 Å². The topological polar surface area (TPSA) is 0 Å². The van der Waals surface area contributed by atoms with Crippen molar-refractivity contribution in [3.63, 3.8) is 0 Å². The molecule has 0 aliphatic heterocycles. The Bertz CT molecular complexity index is 680. The van der Waals surface area contributed by atoms with Crippen molar-refractivity contribution in [2.24, 2.45) is 0 Å². The Morgan fingerprint density at radius 1 is 0.818 bits per heavy atom. The summed E-state index contributed by atoms with van der Waals surface area (Å²) in [4.78, 5) is 0.783. The van der Waals surface area contributed by atoms with E-state index >= 15 is 0 Å². The van der Waals surface area contributed by atoms with Gasteiger partial charge in [0.2, 0.25) is 0 Å². The van der Waals surface area contributed by atoms with Crippen LogP contribution in [0.15, 0.2) is 46.2 Å². The van der Waals surface area contributed by atoms with E-state index < -0.39 is 11.0 Å². The molecule has 0 saturated carbocycles. The third-order valence-electron chi connectivity index (χ3n) is 2.44. The average Bonchev–Trinajstić information content (AvgIpc) is 2.43. The number of benzene rings is 2. The lowest BCUT2D eigenvalue weighted by atomic mass is 10.4. The molecule has 0 fully saturated rings. The highest BCUT2D eigenvalue weighted by molar-refractivity contribution is 8.03. The molecule has 0 nitrogen and oxygen atoms in total. The van der Waals surface area contributed by atoms with E-state index in [1.54, 1.807) is 18.2 Å². The lowest BCUT2D eigenvalue weighted by Crippen LogP contribution is -2.13. The second kappa shape index (κ2) is 7.82. The molecule has 0 unspecified atom stereocenters. The molecule has 0 atom stereocenters. The summed E-state index contributed by atoms with van der Waals surface area (Å²) in [7, 11) is 0. The number of alkyl halides is 2. The highest BCUT2D eigenvalue weighted by Gasteiger charge is 2.32. The maximum atomic E-state index is 14.1. The quantitative estimate of drug-likeness (QED) is 0.453. The van der Waals surface area contributed by atoms with E-state index in [-0.39, 0.29) is 9.92 Å². The fourth-order valence-corrected chi connectivity index (χ4v) is 4.31. The molecule has 0 aliphatic rings. The maximum Gasteiger partial charge on any atom is 0.307 e. The van der Waals surface area contributed by atoms with Gasteiger partial charge in [0.25, 0.3) is 0 Å². The maximum absolute atomic E-state index is 14.1. The fraction of sp³-hybridized carbons (Fsp3) is 0.143. The highest BCUT2D eigenvalue weighted by Crippen LogP contribution is 2.44. The largest absolute Gasteiger partial charge is 0.307 e. The summed E-state index contributed by atoms with van der Waals surface area (Å²) >= 11 is 24.8. The van der Waals surface area contributed by atoms with Crippen LogP contribution in [0.5, 0.6) is 0 Å². The predicted octanol–water partition coefficient (Wildman–Crippen LogP) is 7.78. The van der Waals surface area contributed by atoms with Crippen molar-refractivity contribution in [2.75, 3.05) is 5.75 Å². The SMILES string of the molecule is FC(F)(CSc1cc(Cl)ccc1Cl)Sc1ccc(Cl)cc1Cl. The van der Waals surface area contributed by atoms with Crippen LogP contribution in [0.25, 0.3) is 0 Å². The van der Waals surface area contributed by atoms with Gasteiger partial charge in [0.05, 0.1) is 15.8 Å². The van der Waals surface area contributed by atoms with E-state index in [1.165, 1.54) is 18.2 Å². The van der Waals surface area contributed by atoms with Gasteiger partial charge in [0.15, 0.2) is 0 Å². The van der Waals surface area contributed by atoms with Crippen LogP contribution in [-0.4, -0.2) is 11.0 Å². The Hall–Kier alpha value is 0.160. The third kappa shape index (κ3) is 5.36. The smallest absolute Gasteiger partial charge is 0.193 e. The summed E-state index contributed by atoms with van der Waals surface area (Å²) in [6, 6.07) is 9.17. The Kier molecular flexibility index (Phi) is 6.58. The molecule has 0 heterocycles. The van der Waals surface area contributed by atoms with Gasteiger partial charge in [-0.15, -0.1) is 11.8 Å². The molecule has 0 amide bonds. The van der Waals surface area contributed by atoms with Crippen LogP contribution in [0.3, 0.4) is 0 Å². The Labute approximate surface area is 155 Å². The molecule has 0 N–H and O–H groups in total. The zero-order valence-corrected chi connectivity index (χ0v) is 15.4. The number of thioether (sulfide) groups is 2. The van der Waals surface area contributed by atoms with Gasteiger partial charge < -0.3 is 0 Å². The second-order valence-corrected chi connectivity index (χ2v) is 8.12. The van der Waals surface area contributed by atoms with Gasteiger partial charge in [-0.1, -0.05) is 46.4 Å². The predicted molar refractivity (Wildman–Crippen MR) is 94.5 cm³/mol. The van der Waals surface area contributed by atoms with Gasteiger partial charge in [-0.05, 0) is 48.2 Å². The van der Waals surface area contributed by atoms with Gasteiger partial charge in [0, 0.05) is 19.8 Å². The third-order valence-corrected chi connectivity index (χ3v) is 6.14. The number of hydrogen-bond acceptors (Lipinski definition) is 2. The zero-order chi connectivity index (χ0) is 16.3. The highest BCUT2D eigenvalue weighted by atomic mass is 35.5. The summed E-state index contributed by atoms with van der Waals surface area (Å²) in [5, 5.41) is -1.59. The van der Waals surface area contributed by atoms with Gasteiger partial charge in [0.1, 0.15) is 0 Å². The van der Waals surface area contributed by atoms with Crippen molar-refractivity contribution in [3.05, 3.63) is 56.5 Å². The van der Waals surface area contributed by atoms with Gasteiger partial charge >= 0.3 is 5.25 Å². The van der Waals surface area contributed by atoms with Crippen molar-refractivity contribution in [2.45, 2.75) is 15.0 Å². The average molecular weight is 420 g/mol. The van der Waals surface area contributed by atoms with Gasteiger partial charge in [-0.3, -0.25) is 0 Å². The first-order valence-electron chi connectivity index (χ1n) is 5.86. The first-order chi connectivity index (χ1) is 10.3. The van der Waals surface area contributed by atoms with E-state index in [0.717, 1.165) is 11.8 Å². The van der Waals surface area contributed by atoms with E-state index in [2.05, 4.69) is 0 Å². The monoisotopic (exact) mass is 418 g/mol. The van der Waals surface area contributed by atoms with Crippen LogP contribution in [0.4, 0.5) is 8.78 Å². The normalized spacial score (nSPS) is 11.7. The first-order valence-corrected chi connectivity index (χ1v) is 9.18. The lowest BCUT2D eigenvalue weighted by molar-refractivity contribution is 0.134. The first kappa shape index (κ1) is 18.5. The van der Waals surface area contributed by atoms with Gasteiger partial charge in [-0.25, -0.2) is 0 Å². The zero-order valence-electron chi connectivity index (χ0n) is 10.8. The molecule has 0 aromatic heterocycles. The molecule has 0 bridgehead atoms. The number of halogens is 6.